The van der Waals surface area contributed by atoms with Gasteiger partial charge in [-0.1, -0.05) is 0 Å². The van der Waals surface area contributed by atoms with Gasteiger partial charge in [0, 0.05) is 13.2 Å². The highest BCUT2D eigenvalue weighted by atomic mass is 19.1. The van der Waals surface area contributed by atoms with Gasteiger partial charge in [0.1, 0.15) is 11.6 Å². The Kier molecular flexibility index (Phi) is 3.74. The van der Waals surface area contributed by atoms with Crippen molar-refractivity contribution in [3.63, 3.8) is 0 Å². The molecule has 0 atom stereocenters. The van der Waals surface area contributed by atoms with Crippen molar-refractivity contribution in [2.75, 3.05) is 0 Å². The van der Waals surface area contributed by atoms with Crippen LogP contribution < -0.4 is 0 Å². The van der Waals surface area contributed by atoms with E-state index >= 15 is 0 Å². The standard InChI is InChI=1S/C14H12F2N2O2/c1-8-11(7-18(2)17-8)14(20)6-13(19)10-5-9(15)3-4-12(10)16/h3-5,7H,6H2,1-2H3. The third-order valence-electron chi connectivity index (χ3n) is 2.86. The molecular formula is C14H12F2N2O2. The Labute approximate surface area is 114 Å². The number of carbonyl (C=O) groups is 2. The van der Waals surface area contributed by atoms with Gasteiger partial charge in [0.2, 0.25) is 0 Å². The molecule has 4 nitrogen and oxygen atoms in total. The van der Waals surface area contributed by atoms with Crippen LogP contribution in [0.3, 0.4) is 0 Å². The Morgan fingerprint density at radius 1 is 1.20 bits per heavy atom. The van der Waals surface area contributed by atoms with Gasteiger partial charge in [-0.2, -0.15) is 5.10 Å². The minimum Gasteiger partial charge on any atom is -0.294 e. The summed E-state index contributed by atoms with van der Waals surface area (Å²) >= 11 is 0. The number of nitrogens with zero attached hydrogens (tertiary/aromatic N) is 2. The number of aryl methyl sites for hydroxylation is 2. The van der Waals surface area contributed by atoms with Crippen LogP contribution >= 0.6 is 0 Å². The fourth-order valence-electron chi connectivity index (χ4n) is 1.92. The first-order valence-electron chi connectivity index (χ1n) is 5.90. The van der Waals surface area contributed by atoms with Gasteiger partial charge in [-0.05, 0) is 25.1 Å². The highest BCUT2D eigenvalue weighted by molar-refractivity contribution is 6.13. The van der Waals surface area contributed by atoms with Gasteiger partial charge in [0.25, 0.3) is 0 Å². The van der Waals surface area contributed by atoms with Crippen molar-refractivity contribution < 1.29 is 18.4 Å². The van der Waals surface area contributed by atoms with Gasteiger partial charge < -0.3 is 0 Å². The topological polar surface area (TPSA) is 52.0 Å². The van der Waals surface area contributed by atoms with E-state index in [1.165, 1.54) is 10.9 Å². The summed E-state index contributed by atoms with van der Waals surface area (Å²) in [7, 11) is 1.65. The van der Waals surface area contributed by atoms with Crippen LogP contribution in [-0.2, 0) is 7.05 Å². The fourth-order valence-corrected chi connectivity index (χ4v) is 1.92. The van der Waals surface area contributed by atoms with Crippen LogP contribution in [-0.4, -0.2) is 21.3 Å². The number of rotatable bonds is 4. The summed E-state index contributed by atoms with van der Waals surface area (Å²) < 4.78 is 27.9. The lowest BCUT2D eigenvalue weighted by molar-refractivity contribution is 0.0891. The van der Waals surface area contributed by atoms with E-state index in [-0.39, 0.29) is 0 Å². The molecule has 1 heterocycles. The summed E-state index contributed by atoms with van der Waals surface area (Å²) in [6.45, 7) is 1.64. The molecule has 0 aliphatic heterocycles. The molecule has 104 valence electrons. The second-order valence-electron chi connectivity index (χ2n) is 4.45. The maximum absolute atomic E-state index is 13.4. The molecule has 0 saturated heterocycles. The molecule has 6 heteroatoms. The summed E-state index contributed by atoms with van der Waals surface area (Å²) in [5, 5.41) is 3.99. The van der Waals surface area contributed by atoms with E-state index in [1.807, 2.05) is 0 Å². The minimum absolute atomic E-state index is 0.303. The lowest BCUT2D eigenvalue weighted by Crippen LogP contribution is -2.11. The first-order chi connectivity index (χ1) is 9.38. The molecule has 2 aromatic rings. The van der Waals surface area contributed by atoms with Crippen molar-refractivity contribution in [1.82, 2.24) is 9.78 Å². The zero-order valence-electron chi connectivity index (χ0n) is 11.0. The molecule has 0 aliphatic carbocycles. The second kappa shape index (κ2) is 5.32. The lowest BCUT2D eigenvalue weighted by atomic mass is 10.0. The van der Waals surface area contributed by atoms with Crippen LogP contribution in [0.5, 0.6) is 0 Å². The normalized spacial score (nSPS) is 10.6. The zero-order valence-corrected chi connectivity index (χ0v) is 11.0. The molecule has 0 N–H and O–H groups in total. The summed E-state index contributed by atoms with van der Waals surface area (Å²) in [5.74, 6) is -2.79. The number of halogens is 2. The summed E-state index contributed by atoms with van der Waals surface area (Å²) in [6, 6.07) is 2.57. The maximum atomic E-state index is 13.4. The quantitative estimate of drug-likeness (QED) is 0.637. The van der Waals surface area contributed by atoms with E-state index in [0.29, 0.717) is 11.3 Å². The van der Waals surface area contributed by atoms with Gasteiger partial charge >= 0.3 is 0 Å². The van der Waals surface area contributed by atoms with Crippen molar-refractivity contribution in [3.8, 4) is 0 Å². The van der Waals surface area contributed by atoms with Gasteiger partial charge in [-0.15, -0.1) is 0 Å². The molecule has 20 heavy (non-hydrogen) atoms. The van der Waals surface area contributed by atoms with E-state index in [1.54, 1.807) is 14.0 Å². The maximum Gasteiger partial charge on any atom is 0.174 e. The van der Waals surface area contributed by atoms with Crippen molar-refractivity contribution in [2.45, 2.75) is 13.3 Å². The first kappa shape index (κ1) is 14.0. The van der Waals surface area contributed by atoms with Crippen LogP contribution in [0.2, 0.25) is 0 Å². The zero-order chi connectivity index (χ0) is 14.9. The van der Waals surface area contributed by atoms with Crippen molar-refractivity contribution in [3.05, 3.63) is 52.9 Å². The number of Topliss-reactive ketones (excluding diaryl/α,β-unsaturated/α-hetero) is 2. The van der Waals surface area contributed by atoms with Crippen LogP contribution in [0, 0.1) is 18.6 Å². The predicted molar refractivity (Wildman–Crippen MR) is 67.6 cm³/mol. The number of aromatic nitrogens is 2. The minimum atomic E-state index is -0.841. The highest BCUT2D eigenvalue weighted by Crippen LogP contribution is 2.15. The lowest BCUT2D eigenvalue weighted by Gasteiger charge is -2.02. The third kappa shape index (κ3) is 2.79. The highest BCUT2D eigenvalue weighted by Gasteiger charge is 2.20. The Hall–Kier alpha value is -2.37. The van der Waals surface area contributed by atoms with Crippen LogP contribution in [0.4, 0.5) is 8.78 Å². The molecule has 0 amide bonds. The number of hydrogen-bond acceptors (Lipinski definition) is 3. The number of carbonyl (C=O) groups excluding carboxylic acids is 2. The summed E-state index contributed by atoms with van der Waals surface area (Å²) in [6.07, 6.45) is 0.972. The van der Waals surface area contributed by atoms with E-state index < -0.39 is 35.2 Å². The van der Waals surface area contributed by atoms with Crippen LogP contribution in [0.1, 0.15) is 32.8 Å². The average Bonchev–Trinajstić information content (AvgIpc) is 2.71. The number of ketones is 2. The Bertz CT molecular complexity index is 692. The van der Waals surface area contributed by atoms with Gasteiger partial charge in [0.05, 0.1) is 23.2 Å². The summed E-state index contributed by atoms with van der Waals surface area (Å²) in [4.78, 5) is 23.8. The molecule has 0 spiro atoms. The molecule has 2 rings (SSSR count). The third-order valence-corrected chi connectivity index (χ3v) is 2.86. The molecule has 0 fully saturated rings. The van der Waals surface area contributed by atoms with E-state index in [0.717, 1.165) is 18.2 Å². The van der Waals surface area contributed by atoms with Crippen molar-refractivity contribution in [1.29, 1.82) is 0 Å². The molecule has 0 unspecified atom stereocenters. The van der Waals surface area contributed by atoms with E-state index in [9.17, 15) is 18.4 Å². The smallest absolute Gasteiger partial charge is 0.174 e. The number of hydrogen-bond donors (Lipinski definition) is 0. The van der Waals surface area contributed by atoms with E-state index in [2.05, 4.69) is 5.10 Å². The Morgan fingerprint density at radius 2 is 1.85 bits per heavy atom. The van der Waals surface area contributed by atoms with Crippen molar-refractivity contribution in [2.24, 2.45) is 7.05 Å². The molecule has 0 saturated carbocycles. The second-order valence-corrected chi connectivity index (χ2v) is 4.45. The van der Waals surface area contributed by atoms with Gasteiger partial charge in [0.15, 0.2) is 11.6 Å². The first-order valence-corrected chi connectivity index (χ1v) is 5.90. The molecule has 0 radical (unpaired) electrons. The SMILES string of the molecule is Cc1nn(C)cc1C(=O)CC(=O)c1cc(F)ccc1F. The van der Waals surface area contributed by atoms with Crippen LogP contribution in [0.15, 0.2) is 24.4 Å². The van der Waals surface area contributed by atoms with E-state index in [4.69, 9.17) is 0 Å². The predicted octanol–water partition coefficient (Wildman–Crippen LogP) is 2.46. The average molecular weight is 278 g/mol. The number of benzene rings is 1. The van der Waals surface area contributed by atoms with Crippen LogP contribution in [0.25, 0.3) is 0 Å². The Morgan fingerprint density at radius 3 is 2.45 bits per heavy atom. The monoisotopic (exact) mass is 278 g/mol. The molecule has 0 aliphatic rings. The Balaban J connectivity index is 2.21. The molecule has 0 bridgehead atoms. The fraction of sp³-hybridized carbons (Fsp3) is 0.214. The molecular weight excluding hydrogens is 266 g/mol. The summed E-state index contributed by atoms with van der Waals surface area (Å²) in [5.41, 5.74) is 0.377. The molecule has 1 aromatic heterocycles. The van der Waals surface area contributed by atoms with Gasteiger partial charge in [-0.25, -0.2) is 8.78 Å². The largest absolute Gasteiger partial charge is 0.294 e. The molecule has 1 aromatic carbocycles. The van der Waals surface area contributed by atoms with Gasteiger partial charge in [-0.3, -0.25) is 14.3 Å². The van der Waals surface area contributed by atoms with Crippen molar-refractivity contribution >= 4 is 11.6 Å².